The van der Waals surface area contributed by atoms with Crippen LogP contribution in [0.15, 0.2) is 65.2 Å². The van der Waals surface area contributed by atoms with E-state index < -0.39 is 34.9 Å². The van der Waals surface area contributed by atoms with E-state index in [0.717, 1.165) is 12.1 Å². The molecule has 0 atom stereocenters. The van der Waals surface area contributed by atoms with Crippen LogP contribution in [0.3, 0.4) is 0 Å². The number of hydrogen-bond donors (Lipinski definition) is 2. The van der Waals surface area contributed by atoms with Gasteiger partial charge >= 0.3 is 12.1 Å². The maximum atomic E-state index is 13.8. The van der Waals surface area contributed by atoms with Gasteiger partial charge in [-0.2, -0.15) is 13.2 Å². The lowest BCUT2D eigenvalue weighted by Crippen LogP contribution is -2.28. The van der Waals surface area contributed by atoms with Gasteiger partial charge in [0.2, 0.25) is 0 Å². The first-order chi connectivity index (χ1) is 19.0. The zero-order valence-corrected chi connectivity index (χ0v) is 22.5. The van der Waals surface area contributed by atoms with E-state index in [1.165, 1.54) is 36.4 Å². The summed E-state index contributed by atoms with van der Waals surface area (Å²) < 4.78 is 52.3. The van der Waals surface area contributed by atoms with Gasteiger partial charge < -0.3 is 19.7 Å². The van der Waals surface area contributed by atoms with Crippen molar-refractivity contribution in [3.8, 4) is 28.3 Å². The number of aromatic nitrogens is 1. The van der Waals surface area contributed by atoms with Gasteiger partial charge in [-0.3, -0.25) is 9.59 Å². The van der Waals surface area contributed by atoms with Crippen LogP contribution in [0.25, 0.3) is 22.6 Å². The summed E-state index contributed by atoms with van der Waals surface area (Å²) in [6.45, 7) is -0.0964. The number of carbonyl (C=O) groups excluding carboxylic acids is 1. The molecule has 0 spiro atoms. The number of carbonyl (C=O) groups is 2. The van der Waals surface area contributed by atoms with Gasteiger partial charge in [0.25, 0.3) is 5.91 Å². The SMILES string of the molecule is O=C(O)Cc1ccc(-c2noc(-c3ccccc3C(F)(F)F)c2C(=O)NCCOc2ccc(Cl)cc2Cl)c(Cl)c1. The molecule has 0 unspecified atom stereocenters. The number of carboxylic acids is 1. The molecule has 40 heavy (non-hydrogen) atoms. The fourth-order valence-corrected chi connectivity index (χ4v) is 4.59. The molecule has 208 valence electrons. The highest BCUT2D eigenvalue weighted by molar-refractivity contribution is 6.35. The Balaban J connectivity index is 1.69. The highest BCUT2D eigenvalue weighted by Crippen LogP contribution is 2.41. The highest BCUT2D eigenvalue weighted by atomic mass is 35.5. The molecule has 4 aromatic rings. The predicted molar refractivity (Wildman–Crippen MR) is 143 cm³/mol. The van der Waals surface area contributed by atoms with E-state index in [2.05, 4.69) is 10.5 Å². The Kier molecular flexibility index (Phi) is 8.92. The number of aliphatic carboxylic acids is 1. The minimum Gasteiger partial charge on any atom is -0.490 e. The van der Waals surface area contributed by atoms with Crippen molar-refractivity contribution < 1.29 is 37.1 Å². The smallest absolute Gasteiger partial charge is 0.417 e. The number of halogens is 6. The van der Waals surface area contributed by atoms with E-state index in [1.54, 1.807) is 12.1 Å². The minimum atomic E-state index is -4.75. The van der Waals surface area contributed by atoms with Gasteiger partial charge in [0.1, 0.15) is 23.6 Å². The maximum Gasteiger partial charge on any atom is 0.417 e. The van der Waals surface area contributed by atoms with Crippen LogP contribution in [-0.2, 0) is 17.4 Å². The number of carboxylic acid groups (broad SMARTS) is 1. The first-order valence-corrected chi connectivity index (χ1v) is 12.6. The third-order valence-corrected chi connectivity index (χ3v) is 6.42. The molecule has 0 fully saturated rings. The lowest BCUT2D eigenvalue weighted by Gasteiger charge is -2.13. The number of rotatable bonds is 9. The van der Waals surface area contributed by atoms with Gasteiger partial charge in [0, 0.05) is 16.1 Å². The number of amides is 1. The average Bonchev–Trinajstić information content (AvgIpc) is 3.31. The summed E-state index contributed by atoms with van der Waals surface area (Å²) in [5.74, 6) is -2.00. The molecule has 3 aromatic carbocycles. The van der Waals surface area contributed by atoms with E-state index in [1.807, 2.05) is 0 Å². The van der Waals surface area contributed by atoms with Crippen LogP contribution in [0, 0.1) is 0 Å². The van der Waals surface area contributed by atoms with Crippen LogP contribution in [0.4, 0.5) is 13.2 Å². The number of ether oxygens (including phenoxy) is 1. The molecule has 0 radical (unpaired) electrons. The van der Waals surface area contributed by atoms with Gasteiger partial charge in [-0.25, -0.2) is 0 Å². The van der Waals surface area contributed by atoms with E-state index in [4.69, 9.17) is 49.2 Å². The number of nitrogens with one attached hydrogen (secondary N) is 1. The van der Waals surface area contributed by atoms with Crippen molar-refractivity contribution in [3.63, 3.8) is 0 Å². The van der Waals surface area contributed by atoms with Gasteiger partial charge in [-0.15, -0.1) is 0 Å². The topological polar surface area (TPSA) is 102 Å². The monoisotopic (exact) mass is 612 g/mol. The summed E-state index contributed by atoms with van der Waals surface area (Å²) in [7, 11) is 0. The van der Waals surface area contributed by atoms with Crippen LogP contribution in [0.1, 0.15) is 21.5 Å². The largest absolute Gasteiger partial charge is 0.490 e. The summed E-state index contributed by atoms with van der Waals surface area (Å²) in [5, 5.41) is 16.2. The van der Waals surface area contributed by atoms with Gasteiger partial charge in [-0.05, 0) is 35.9 Å². The molecule has 0 aliphatic rings. The molecule has 13 heteroatoms. The lowest BCUT2D eigenvalue weighted by atomic mass is 9.97. The zero-order valence-electron chi connectivity index (χ0n) is 20.2. The second-order valence-electron chi connectivity index (χ2n) is 8.34. The average molecular weight is 614 g/mol. The van der Waals surface area contributed by atoms with Gasteiger partial charge in [0.05, 0.1) is 28.6 Å². The molecule has 1 aromatic heterocycles. The number of alkyl halides is 3. The zero-order chi connectivity index (χ0) is 29.0. The van der Waals surface area contributed by atoms with Crippen LogP contribution in [-0.4, -0.2) is 35.3 Å². The van der Waals surface area contributed by atoms with Crippen LogP contribution in [0.2, 0.25) is 15.1 Å². The normalized spacial score (nSPS) is 11.3. The lowest BCUT2D eigenvalue weighted by molar-refractivity contribution is -0.137. The van der Waals surface area contributed by atoms with Gasteiger partial charge in [0.15, 0.2) is 5.76 Å². The molecule has 7 nitrogen and oxygen atoms in total. The first kappa shape index (κ1) is 29.3. The number of benzene rings is 3. The fourth-order valence-electron chi connectivity index (χ4n) is 3.84. The summed E-state index contributed by atoms with van der Waals surface area (Å²) >= 11 is 18.3. The van der Waals surface area contributed by atoms with E-state index in [9.17, 15) is 22.8 Å². The molecule has 2 N–H and O–H groups in total. The Morgan fingerprint density at radius 3 is 2.40 bits per heavy atom. The quantitative estimate of drug-likeness (QED) is 0.191. The third-order valence-electron chi connectivity index (χ3n) is 5.58. The van der Waals surface area contributed by atoms with Crippen molar-refractivity contribution in [1.29, 1.82) is 0 Å². The predicted octanol–water partition coefficient (Wildman–Crippen LogP) is 7.42. The van der Waals surface area contributed by atoms with E-state index in [0.29, 0.717) is 16.3 Å². The van der Waals surface area contributed by atoms with Crippen molar-refractivity contribution in [2.24, 2.45) is 0 Å². The van der Waals surface area contributed by atoms with Gasteiger partial charge in [-0.1, -0.05) is 70.3 Å². The van der Waals surface area contributed by atoms with Crippen LogP contribution >= 0.6 is 34.8 Å². The molecule has 0 aliphatic heterocycles. The summed E-state index contributed by atoms with van der Waals surface area (Å²) in [5.41, 5.74) is -1.33. The molecular weight excluding hydrogens is 596 g/mol. The Labute approximate surface area is 240 Å². The molecule has 0 aliphatic carbocycles. The van der Waals surface area contributed by atoms with E-state index >= 15 is 0 Å². The summed E-state index contributed by atoms with van der Waals surface area (Å²) in [6, 6.07) is 13.4. The molecular formula is C27H18Cl3F3N2O5. The molecule has 0 saturated heterocycles. The van der Waals surface area contributed by atoms with Crippen molar-refractivity contribution >= 4 is 46.7 Å². The Morgan fingerprint density at radius 2 is 1.73 bits per heavy atom. The Hall–Kier alpha value is -3.73. The van der Waals surface area contributed by atoms with E-state index in [-0.39, 0.29) is 46.4 Å². The van der Waals surface area contributed by atoms with Crippen LogP contribution in [0.5, 0.6) is 5.75 Å². The van der Waals surface area contributed by atoms with Crippen molar-refractivity contribution in [3.05, 3.63) is 92.4 Å². The standard InChI is InChI=1S/C27H18Cl3F3N2O5/c28-15-6-8-21(20(30)13-15)39-10-9-34-26(38)23-24(17-7-5-14(11-19(17)29)12-22(36)37)35-40-25(23)16-3-1-2-4-18(16)27(31,32)33/h1-8,11,13H,9-10,12H2,(H,34,38)(H,36,37). The van der Waals surface area contributed by atoms with Crippen molar-refractivity contribution in [2.75, 3.05) is 13.2 Å². The van der Waals surface area contributed by atoms with Crippen molar-refractivity contribution in [1.82, 2.24) is 10.5 Å². The summed E-state index contributed by atoms with van der Waals surface area (Å²) in [4.78, 5) is 24.5. The number of hydrogen-bond acceptors (Lipinski definition) is 5. The highest BCUT2D eigenvalue weighted by Gasteiger charge is 2.37. The van der Waals surface area contributed by atoms with Crippen LogP contribution < -0.4 is 10.1 Å². The molecule has 4 rings (SSSR count). The second kappa shape index (κ2) is 12.2. The van der Waals surface area contributed by atoms with Crippen molar-refractivity contribution in [2.45, 2.75) is 12.6 Å². The number of nitrogens with zero attached hydrogens (tertiary/aromatic N) is 1. The maximum absolute atomic E-state index is 13.8. The molecule has 1 heterocycles. The fraction of sp³-hybridized carbons (Fsp3) is 0.148. The molecule has 0 bridgehead atoms. The molecule has 0 saturated carbocycles. The second-order valence-corrected chi connectivity index (χ2v) is 9.59. The Bertz CT molecular complexity index is 1570. The third kappa shape index (κ3) is 6.70. The Morgan fingerprint density at radius 1 is 0.975 bits per heavy atom. The first-order valence-electron chi connectivity index (χ1n) is 11.5. The molecule has 1 amide bonds. The summed E-state index contributed by atoms with van der Waals surface area (Å²) in [6.07, 6.45) is -5.06. The minimum absolute atomic E-state index is 0.0254.